The number of alkyl halides is 2. The van der Waals surface area contributed by atoms with Crippen LogP contribution in [0.3, 0.4) is 0 Å². The van der Waals surface area contributed by atoms with Gasteiger partial charge in [0.05, 0.1) is 7.11 Å². The summed E-state index contributed by atoms with van der Waals surface area (Å²) in [6.45, 7) is 1.55. The molecule has 0 bridgehead atoms. The molecule has 1 aliphatic heterocycles. The van der Waals surface area contributed by atoms with Gasteiger partial charge in [0.1, 0.15) is 11.5 Å². The predicted molar refractivity (Wildman–Crippen MR) is 90.0 cm³/mol. The van der Waals surface area contributed by atoms with Gasteiger partial charge in [0.2, 0.25) is 0 Å². The first-order valence-corrected chi connectivity index (χ1v) is 9.82. The number of rotatable bonds is 4. The Kier molecular flexibility index (Phi) is 4.13. The van der Waals surface area contributed by atoms with Crippen LogP contribution in [0.4, 0.5) is 14.6 Å². The van der Waals surface area contributed by atoms with Crippen molar-refractivity contribution in [3.63, 3.8) is 0 Å². The normalized spacial score (nSPS) is 29.1. The van der Waals surface area contributed by atoms with Crippen molar-refractivity contribution in [3.05, 3.63) is 11.3 Å². The summed E-state index contributed by atoms with van der Waals surface area (Å²) in [7, 11) is 1.41. The van der Waals surface area contributed by atoms with Gasteiger partial charge in [-0.05, 0) is 36.9 Å². The number of hydrogen-bond acceptors (Lipinski definition) is 6. The first-order chi connectivity index (χ1) is 11.9. The van der Waals surface area contributed by atoms with Crippen molar-refractivity contribution < 1.29 is 18.3 Å². The molecule has 0 amide bonds. The second kappa shape index (κ2) is 6.07. The first-order valence-electron chi connectivity index (χ1n) is 8.59. The zero-order valence-electron chi connectivity index (χ0n) is 14.3. The minimum atomic E-state index is -2.87. The molecule has 8 heteroatoms. The Hall–Kier alpha value is -1.44. The molecular formula is C17H21F2N3O2S. The first kappa shape index (κ1) is 17.0. The lowest BCUT2D eigenvalue weighted by Crippen LogP contribution is -2.31. The summed E-state index contributed by atoms with van der Waals surface area (Å²) in [5.41, 5.74) is 0.527. The Morgan fingerprint density at radius 2 is 2.08 bits per heavy atom. The van der Waals surface area contributed by atoms with Crippen LogP contribution >= 0.6 is 11.8 Å². The smallest absolute Gasteiger partial charge is 0.305 e. The van der Waals surface area contributed by atoms with E-state index in [-0.39, 0.29) is 18.1 Å². The lowest BCUT2D eigenvalue weighted by Gasteiger charge is -2.30. The third-order valence-corrected chi connectivity index (χ3v) is 6.26. The van der Waals surface area contributed by atoms with Crippen molar-refractivity contribution >= 4 is 23.5 Å². The van der Waals surface area contributed by atoms with Gasteiger partial charge in [-0.3, -0.25) is 4.79 Å². The molecule has 1 aromatic rings. The number of fused-ring (bicyclic) bond motifs is 2. The van der Waals surface area contributed by atoms with Gasteiger partial charge in [-0.25, -0.2) is 9.97 Å². The highest BCUT2D eigenvalue weighted by molar-refractivity contribution is 7.98. The highest BCUT2D eigenvalue weighted by atomic mass is 32.2. The number of carbonyl (C=O) groups is 1. The van der Waals surface area contributed by atoms with Crippen LogP contribution in [0.5, 0.6) is 0 Å². The molecule has 25 heavy (non-hydrogen) atoms. The monoisotopic (exact) mass is 369 g/mol. The lowest BCUT2D eigenvalue weighted by molar-refractivity contribution is -0.141. The lowest BCUT2D eigenvalue weighted by atomic mass is 9.93. The molecule has 0 aromatic carbocycles. The second-order valence-electron chi connectivity index (χ2n) is 7.10. The van der Waals surface area contributed by atoms with Gasteiger partial charge in [-0.15, -0.1) is 0 Å². The Morgan fingerprint density at radius 3 is 2.72 bits per heavy atom. The van der Waals surface area contributed by atoms with Crippen LogP contribution in [-0.2, 0) is 21.9 Å². The highest BCUT2D eigenvalue weighted by Crippen LogP contribution is 2.55. The zero-order valence-corrected chi connectivity index (χ0v) is 15.1. The Balaban J connectivity index is 1.58. The van der Waals surface area contributed by atoms with Crippen molar-refractivity contribution in [1.29, 1.82) is 0 Å². The van der Waals surface area contributed by atoms with E-state index in [0.717, 1.165) is 13.1 Å². The summed E-state index contributed by atoms with van der Waals surface area (Å²) in [6.07, 6.45) is 3.18. The van der Waals surface area contributed by atoms with Crippen molar-refractivity contribution in [1.82, 2.24) is 9.97 Å². The molecule has 2 heterocycles. The Morgan fingerprint density at radius 1 is 1.36 bits per heavy atom. The number of anilines is 1. The Bertz CT molecular complexity index is 703. The van der Waals surface area contributed by atoms with Crippen LogP contribution in [0.1, 0.15) is 30.5 Å². The molecule has 3 aliphatic rings. The molecule has 0 spiro atoms. The van der Waals surface area contributed by atoms with E-state index in [4.69, 9.17) is 4.74 Å². The van der Waals surface area contributed by atoms with Crippen molar-refractivity contribution in [2.45, 2.75) is 36.8 Å². The molecule has 4 rings (SSSR count). The topological polar surface area (TPSA) is 55.3 Å². The van der Waals surface area contributed by atoms with Crippen LogP contribution in [0.2, 0.25) is 0 Å². The number of hydrogen-bond donors (Lipinski definition) is 0. The second-order valence-corrected chi connectivity index (χ2v) is 7.87. The van der Waals surface area contributed by atoms with Crippen LogP contribution in [0.25, 0.3) is 0 Å². The predicted octanol–water partition coefficient (Wildman–Crippen LogP) is 2.87. The number of aromatic nitrogens is 2. The van der Waals surface area contributed by atoms with Gasteiger partial charge in [0, 0.05) is 31.5 Å². The molecule has 1 aromatic heterocycles. The van der Waals surface area contributed by atoms with Gasteiger partial charge in [0.25, 0.3) is 5.92 Å². The number of carbonyl (C=O) groups excluding carboxylic acids is 1. The van der Waals surface area contributed by atoms with E-state index in [2.05, 4.69) is 14.9 Å². The molecule has 2 fully saturated rings. The molecule has 5 nitrogen and oxygen atoms in total. The minimum Gasteiger partial charge on any atom is -0.469 e. The summed E-state index contributed by atoms with van der Waals surface area (Å²) < 4.78 is 33.4. The maximum absolute atomic E-state index is 14.3. The average Bonchev–Trinajstić information content (AvgIpc) is 3.03. The molecule has 0 radical (unpaired) electrons. The highest BCUT2D eigenvalue weighted by Gasteiger charge is 2.57. The van der Waals surface area contributed by atoms with E-state index in [1.165, 1.54) is 18.9 Å². The molecule has 3 atom stereocenters. The zero-order chi connectivity index (χ0) is 17.8. The average molecular weight is 369 g/mol. The van der Waals surface area contributed by atoms with Crippen molar-refractivity contribution in [2.75, 3.05) is 31.4 Å². The van der Waals surface area contributed by atoms with E-state index < -0.39 is 5.92 Å². The third kappa shape index (κ3) is 2.88. The van der Waals surface area contributed by atoms with Gasteiger partial charge in [0.15, 0.2) is 5.16 Å². The number of nitrogens with zero attached hydrogens (tertiary/aromatic N) is 3. The number of piperidine rings is 1. The van der Waals surface area contributed by atoms with Crippen molar-refractivity contribution in [2.24, 2.45) is 17.8 Å². The SMILES string of the molecule is COC(=O)C[C@@H]1[C@H]2CN(c3nc(SC)nc4c3CCCC4(F)F)C[C@@H]12. The summed E-state index contributed by atoms with van der Waals surface area (Å²) in [5, 5.41) is 0.405. The molecule has 2 aliphatic carbocycles. The Labute approximate surface area is 149 Å². The van der Waals surface area contributed by atoms with Gasteiger partial charge in [-0.1, -0.05) is 11.8 Å². The maximum Gasteiger partial charge on any atom is 0.305 e. The summed E-state index contributed by atoms with van der Waals surface area (Å²) in [6, 6.07) is 0. The summed E-state index contributed by atoms with van der Waals surface area (Å²) in [4.78, 5) is 22.3. The quantitative estimate of drug-likeness (QED) is 0.462. The minimum absolute atomic E-state index is 0.0835. The van der Waals surface area contributed by atoms with E-state index >= 15 is 0 Å². The van der Waals surface area contributed by atoms with Crippen LogP contribution in [0, 0.1) is 17.8 Å². The molecule has 136 valence electrons. The van der Waals surface area contributed by atoms with Crippen LogP contribution in [-0.4, -0.2) is 42.4 Å². The van der Waals surface area contributed by atoms with Gasteiger partial charge >= 0.3 is 5.97 Å². The molecule has 0 unspecified atom stereocenters. The van der Waals surface area contributed by atoms with Crippen molar-refractivity contribution in [3.8, 4) is 0 Å². The van der Waals surface area contributed by atoms with E-state index in [9.17, 15) is 13.6 Å². The van der Waals surface area contributed by atoms with Crippen LogP contribution < -0.4 is 4.90 Å². The molecular weight excluding hydrogens is 348 g/mol. The number of ether oxygens (including phenoxy) is 1. The fourth-order valence-electron chi connectivity index (χ4n) is 4.34. The standard InChI is InChI=1S/C17H21F2N3O2S/c1-24-13(23)6-10-11-7-22(8-12(10)11)15-9-4-3-5-17(18,19)14(9)20-16(21-15)25-2/h10-12H,3-8H2,1-2H3/t10-,11-,12+. The fourth-order valence-corrected chi connectivity index (χ4v) is 4.70. The van der Waals surface area contributed by atoms with E-state index in [1.807, 2.05) is 0 Å². The summed E-state index contributed by atoms with van der Waals surface area (Å²) in [5.74, 6) is -1.13. The van der Waals surface area contributed by atoms with Gasteiger partial charge in [-0.2, -0.15) is 8.78 Å². The molecule has 1 saturated heterocycles. The molecule has 1 saturated carbocycles. The number of methoxy groups -OCH3 is 1. The number of halogens is 2. The number of esters is 1. The fraction of sp³-hybridized carbons (Fsp3) is 0.706. The molecule has 0 N–H and O–H groups in total. The van der Waals surface area contributed by atoms with E-state index in [1.54, 1.807) is 6.26 Å². The summed E-state index contributed by atoms with van der Waals surface area (Å²) >= 11 is 1.30. The largest absolute Gasteiger partial charge is 0.469 e. The van der Waals surface area contributed by atoms with Gasteiger partial charge < -0.3 is 9.64 Å². The van der Waals surface area contributed by atoms with E-state index in [0.29, 0.717) is 53.6 Å². The number of thioether (sulfide) groups is 1. The third-order valence-electron chi connectivity index (χ3n) is 5.71. The van der Waals surface area contributed by atoms with Crippen LogP contribution in [0.15, 0.2) is 5.16 Å². The maximum atomic E-state index is 14.3.